The molecule has 0 unspecified atom stereocenters. The van der Waals surface area contributed by atoms with Gasteiger partial charge in [0.25, 0.3) is 0 Å². The molecule has 0 aliphatic carbocycles. The second kappa shape index (κ2) is 6.20. The van der Waals surface area contributed by atoms with Gasteiger partial charge in [-0.25, -0.2) is 0 Å². The summed E-state index contributed by atoms with van der Waals surface area (Å²) in [6, 6.07) is 8.66. The van der Waals surface area contributed by atoms with E-state index in [0.717, 1.165) is 26.1 Å². The SMILES string of the molecule is CCNCCc1cn(Cc2cncs2)c2ccccc12. The Labute approximate surface area is 123 Å². The second-order valence-electron chi connectivity index (χ2n) is 4.87. The lowest BCUT2D eigenvalue weighted by molar-refractivity contribution is 0.716. The van der Waals surface area contributed by atoms with E-state index in [1.165, 1.54) is 21.3 Å². The Balaban J connectivity index is 1.91. The van der Waals surface area contributed by atoms with Crippen molar-refractivity contribution in [1.82, 2.24) is 14.9 Å². The van der Waals surface area contributed by atoms with Gasteiger partial charge in [-0.05, 0) is 31.1 Å². The minimum atomic E-state index is 0.909. The summed E-state index contributed by atoms with van der Waals surface area (Å²) in [5, 5.41) is 4.77. The highest BCUT2D eigenvalue weighted by Gasteiger charge is 2.08. The summed E-state index contributed by atoms with van der Waals surface area (Å²) >= 11 is 1.71. The summed E-state index contributed by atoms with van der Waals surface area (Å²) in [7, 11) is 0. The number of para-hydroxylation sites is 1. The predicted octanol–water partition coefficient (Wildman–Crippen LogP) is 3.30. The van der Waals surface area contributed by atoms with Crippen LogP contribution in [0.1, 0.15) is 17.4 Å². The lowest BCUT2D eigenvalue weighted by Crippen LogP contribution is -2.15. The minimum absolute atomic E-state index is 0.909. The molecule has 1 N–H and O–H groups in total. The number of hydrogen-bond donors (Lipinski definition) is 1. The zero-order valence-corrected chi connectivity index (χ0v) is 12.5. The number of fused-ring (bicyclic) bond motifs is 1. The molecule has 2 aromatic heterocycles. The highest BCUT2D eigenvalue weighted by Crippen LogP contribution is 2.23. The molecule has 3 aromatic rings. The predicted molar refractivity (Wildman–Crippen MR) is 85.4 cm³/mol. The molecule has 0 atom stereocenters. The van der Waals surface area contributed by atoms with Gasteiger partial charge in [0.2, 0.25) is 0 Å². The maximum absolute atomic E-state index is 4.16. The Bertz CT molecular complexity index is 670. The summed E-state index contributed by atoms with van der Waals surface area (Å²) in [4.78, 5) is 5.46. The van der Waals surface area contributed by atoms with Gasteiger partial charge in [0.05, 0.1) is 12.1 Å². The lowest BCUT2D eigenvalue weighted by atomic mass is 10.1. The Morgan fingerprint density at radius 3 is 3.00 bits per heavy atom. The number of hydrogen-bond acceptors (Lipinski definition) is 3. The Morgan fingerprint density at radius 2 is 2.20 bits per heavy atom. The number of aromatic nitrogens is 2. The van der Waals surface area contributed by atoms with E-state index in [-0.39, 0.29) is 0 Å². The molecule has 0 aliphatic rings. The van der Waals surface area contributed by atoms with Gasteiger partial charge in [-0.1, -0.05) is 25.1 Å². The molecule has 0 aliphatic heterocycles. The summed E-state index contributed by atoms with van der Waals surface area (Å²) in [5.41, 5.74) is 4.63. The fourth-order valence-electron chi connectivity index (χ4n) is 2.54. The first-order valence-electron chi connectivity index (χ1n) is 7.03. The van der Waals surface area contributed by atoms with Crippen LogP contribution in [0.15, 0.2) is 42.2 Å². The van der Waals surface area contributed by atoms with Gasteiger partial charge in [0.15, 0.2) is 0 Å². The third-order valence-electron chi connectivity index (χ3n) is 3.50. The molecule has 1 aromatic carbocycles. The summed E-state index contributed by atoms with van der Waals surface area (Å²) in [6.45, 7) is 5.12. The smallest absolute Gasteiger partial charge is 0.0794 e. The van der Waals surface area contributed by atoms with Crippen molar-refractivity contribution in [3.63, 3.8) is 0 Å². The van der Waals surface area contributed by atoms with Gasteiger partial charge in [-0.15, -0.1) is 11.3 Å². The molecule has 4 heteroatoms. The van der Waals surface area contributed by atoms with Gasteiger partial charge in [0, 0.05) is 28.2 Å². The summed E-state index contributed by atoms with van der Waals surface area (Å²) in [5.74, 6) is 0. The Morgan fingerprint density at radius 1 is 1.30 bits per heavy atom. The minimum Gasteiger partial charge on any atom is -0.342 e. The van der Waals surface area contributed by atoms with Crippen molar-refractivity contribution >= 4 is 22.2 Å². The molecule has 0 spiro atoms. The first kappa shape index (κ1) is 13.3. The standard InChI is InChI=1S/C16H19N3S/c1-2-17-8-7-13-10-19(11-14-9-18-12-20-14)16-6-4-3-5-15(13)16/h3-6,9-10,12,17H,2,7-8,11H2,1H3. The zero-order chi connectivity index (χ0) is 13.8. The van der Waals surface area contributed by atoms with Crippen LogP contribution in [0, 0.1) is 0 Å². The quantitative estimate of drug-likeness (QED) is 0.704. The van der Waals surface area contributed by atoms with Crippen LogP contribution in [0.5, 0.6) is 0 Å². The molecule has 20 heavy (non-hydrogen) atoms. The van der Waals surface area contributed by atoms with Crippen molar-refractivity contribution in [2.75, 3.05) is 13.1 Å². The molecule has 0 radical (unpaired) electrons. The fourth-order valence-corrected chi connectivity index (χ4v) is 3.13. The molecule has 0 saturated carbocycles. The van der Waals surface area contributed by atoms with Gasteiger partial charge in [0.1, 0.15) is 0 Å². The first-order chi connectivity index (χ1) is 9.88. The van der Waals surface area contributed by atoms with E-state index in [2.05, 4.69) is 52.3 Å². The van der Waals surface area contributed by atoms with E-state index in [0.29, 0.717) is 0 Å². The number of nitrogens with zero attached hydrogens (tertiary/aromatic N) is 2. The average molecular weight is 285 g/mol. The van der Waals surface area contributed by atoms with Crippen LogP contribution in [-0.2, 0) is 13.0 Å². The molecule has 3 rings (SSSR count). The van der Waals surface area contributed by atoms with E-state index in [1.807, 2.05) is 11.7 Å². The highest BCUT2D eigenvalue weighted by atomic mass is 32.1. The number of thiazole rings is 1. The van der Waals surface area contributed by atoms with Crippen LogP contribution in [-0.4, -0.2) is 22.6 Å². The fraction of sp³-hybridized carbons (Fsp3) is 0.312. The summed E-state index contributed by atoms with van der Waals surface area (Å²) in [6.07, 6.45) is 5.32. The molecule has 2 heterocycles. The largest absolute Gasteiger partial charge is 0.342 e. The second-order valence-corrected chi connectivity index (χ2v) is 5.84. The van der Waals surface area contributed by atoms with E-state index >= 15 is 0 Å². The first-order valence-corrected chi connectivity index (χ1v) is 7.91. The zero-order valence-electron chi connectivity index (χ0n) is 11.7. The van der Waals surface area contributed by atoms with Crippen LogP contribution in [0.3, 0.4) is 0 Å². The lowest BCUT2D eigenvalue weighted by Gasteiger charge is -2.02. The van der Waals surface area contributed by atoms with Crippen molar-refractivity contribution in [3.05, 3.63) is 52.6 Å². The number of benzene rings is 1. The van der Waals surface area contributed by atoms with Crippen LogP contribution < -0.4 is 5.32 Å². The molecular weight excluding hydrogens is 266 g/mol. The van der Waals surface area contributed by atoms with Crippen molar-refractivity contribution < 1.29 is 0 Å². The van der Waals surface area contributed by atoms with Gasteiger partial charge in [-0.3, -0.25) is 4.98 Å². The highest BCUT2D eigenvalue weighted by molar-refractivity contribution is 7.09. The summed E-state index contributed by atoms with van der Waals surface area (Å²) < 4.78 is 2.34. The van der Waals surface area contributed by atoms with Crippen molar-refractivity contribution in [2.24, 2.45) is 0 Å². The third-order valence-corrected chi connectivity index (χ3v) is 4.27. The van der Waals surface area contributed by atoms with Gasteiger partial charge >= 0.3 is 0 Å². The molecule has 104 valence electrons. The Kier molecular flexibility index (Phi) is 4.14. The topological polar surface area (TPSA) is 29.9 Å². The van der Waals surface area contributed by atoms with E-state index < -0.39 is 0 Å². The van der Waals surface area contributed by atoms with E-state index in [1.54, 1.807) is 11.3 Å². The number of likely N-dealkylation sites (N-methyl/N-ethyl adjacent to an activating group) is 1. The van der Waals surface area contributed by atoms with Crippen LogP contribution in [0.4, 0.5) is 0 Å². The van der Waals surface area contributed by atoms with Gasteiger partial charge in [-0.2, -0.15) is 0 Å². The normalized spacial score (nSPS) is 11.2. The van der Waals surface area contributed by atoms with Gasteiger partial charge < -0.3 is 9.88 Å². The maximum atomic E-state index is 4.16. The molecule has 3 nitrogen and oxygen atoms in total. The number of nitrogens with one attached hydrogen (secondary N) is 1. The third kappa shape index (κ3) is 2.76. The van der Waals surface area contributed by atoms with Crippen molar-refractivity contribution in [3.8, 4) is 0 Å². The average Bonchev–Trinajstić information content (AvgIpc) is 3.09. The van der Waals surface area contributed by atoms with Crippen LogP contribution >= 0.6 is 11.3 Å². The van der Waals surface area contributed by atoms with Crippen LogP contribution in [0.2, 0.25) is 0 Å². The molecule has 0 saturated heterocycles. The Hall–Kier alpha value is -1.65. The maximum Gasteiger partial charge on any atom is 0.0794 e. The monoisotopic (exact) mass is 285 g/mol. The van der Waals surface area contributed by atoms with Crippen molar-refractivity contribution in [2.45, 2.75) is 19.9 Å². The van der Waals surface area contributed by atoms with E-state index in [4.69, 9.17) is 0 Å². The molecule has 0 amide bonds. The van der Waals surface area contributed by atoms with E-state index in [9.17, 15) is 0 Å². The van der Waals surface area contributed by atoms with Crippen molar-refractivity contribution in [1.29, 1.82) is 0 Å². The molecule has 0 bridgehead atoms. The molecule has 0 fully saturated rings. The molecular formula is C16H19N3S. The van der Waals surface area contributed by atoms with Crippen LogP contribution in [0.25, 0.3) is 10.9 Å². The number of rotatable bonds is 6.